The lowest BCUT2D eigenvalue weighted by Crippen LogP contribution is -2.21. The molecule has 0 aromatic heterocycles. The van der Waals surface area contributed by atoms with Gasteiger partial charge in [0.15, 0.2) is 0 Å². The van der Waals surface area contributed by atoms with Gasteiger partial charge in [-0.25, -0.2) is 0 Å². The molecule has 17 heavy (non-hydrogen) atoms. The van der Waals surface area contributed by atoms with E-state index in [1.54, 1.807) is 0 Å². The van der Waals surface area contributed by atoms with E-state index in [4.69, 9.17) is 0 Å². The van der Waals surface area contributed by atoms with Gasteiger partial charge in [-0.15, -0.1) is 0 Å². The van der Waals surface area contributed by atoms with Gasteiger partial charge >= 0.3 is 0 Å². The van der Waals surface area contributed by atoms with Crippen molar-refractivity contribution in [2.24, 2.45) is 11.3 Å². The van der Waals surface area contributed by atoms with Gasteiger partial charge in [-0.05, 0) is 55.7 Å². The highest BCUT2D eigenvalue weighted by atomic mass is 14.9. The van der Waals surface area contributed by atoms with Gasteiger partial charge in [0.2, 0.25) is 0 Å². The maximum Gasteiger partial charge on any atom is -0.00149 e. The fourth-order valence-electron chi connectivity index (χ4n) is 2.95. The SMILES string of the molecule is CCCNCC1CC1(CC)Cc1ccccc1. The molecule has 1 heteroatoms. The molecular formula is C16H25N. The van der Waals surface area contributed by atoms with Crippen LogP contribution in [0, 0.1) is 11.3 Å². The third kappa shape index (κ3) is 3.10. The van der Waals surface area contributed by atoms with Crippen molar-refractivity contribution in [3.8, 4) is 0 Å². The first-order chi connectivity index (χ1) is 8.30. The Morgan fingerprint density at radius 2 is 2.00 bits per heavy atom. The minimum Gasteiger partial charge on any atom is -0.316 e. The van der Waals surface area contributed by atoms with Gasteiger partial charge in [0.1, 0.15) is 0 Å². The van der Waals surface area contributed by atoms with Crippen LogP contribution in [0.5, 0.6) is 0 Å². The first-order valence-electron chi connectivity index (χ1n) is 7.05. The maximum atomic E-state index is 3.57. The van der Waals surface area contributed by atoms with E-state index in [1.165, 1.54) is 44.3 Å². The van der Waals surface area contributed by atoms with Gasteiger partial charge in [-0.2, -0.15) is 0 Å². The average Bonchev–Trinajstić information content (AvgIpc) is 3.05. The highest BCUT2D eigenvalue weighted by molar-refractivity contribution is 5.20. The topological polar surface area (TPSA) is 12.0 Å². The zero-order chi connectivity index (χ0) is 12.1. The molecule has 0 spiro atoms. The van der Waals surface area contributed by atoms with Crippen LogP contribution in [0.1, 0.15) is 38.7 Å². The number of benzene rings is 1. The van der Waals surface area contributed by atoms with Crippen LogP contribution in [0.25, 0.3) is 0 Å². The Morgan fingerprint density at radius 1 is 1.24 bits per heavy atom. The van der Waals surface area contributed by atoms with E-state index in [0.717, 1.165) is 5.92 Å². The van der Waals surface area contributed by atoms with Crippen LogP contribution in [-0.4, -0.2) is 13.1 Å². The van der Waals surface area contributed by atoms with Crippen LogP contribution < -0.4 is 5.32 Å². The standard InChI is InChI=1S/C16H25N/c1-3-10-17-13-15-12-16(15,4-2)11-14-8-6-5-7-9-14/h5-9,15,17H,3-4,10-13H2,1-2H3. The summed E-state index contributed by atoms with van der Waals surface area (Å²) in [6.45, 7) is 6.97. The molecule has 1 fully saturated rings. The van der Waals surface area contributed by atoms with Gasteiger partial charge in [-0.1, -0.05) is 44.2 Å². The van der Waals surface area contributed by atoms with E-state index in [9.17, 15) is 0 Å². The Hall–Kier alpha value is -0.820. The smallest absolute Gasteiger partial charge is 0.00149 e. The molecular weight excluding hydrogens is 206 g/mol. The van der Waals surface area contributed by atoms with Crippen LogP contribution >= 0.6 is 0 Å². The Kier molecular flexibility index (Phi) is 4.22. The van der Waals surface area contributed by atoms with Crippen molar-refractivity contribution in [1.29, 1.82) is 0 Å². The first kappa shape index (κ1) is 12.6. The molecule has 2 atom stereocenters. The summed E-state index contributed by atoms with van der Waals surface area (Å²) in [5.74, 6) is 0.902. The minimum atomic E-state index is 0.599. The summed E-state index contributed by atoms with van der Waals surface area (Å²) in [6, 6.07) is 11.0. The van der Waals surface area contributed by atoms with Gasteiger partial charge in [-0.3, -0.25) is 0 Å². The molecule has 2 unspecified atom stereocenters. The van der Waals surface area contributed by atoms with Crippen molar-refractivity contribution in [3.63, 3.8) is 0 Å². The third-order valence-electron chi connectivity index (χ3n) is 4.28. The molecule has 0 saturated heterocycles. The van der Waals surface area contributed by atoms with Crippen LogP contribution in [0.3, 0.4) is 0 Å². The number of rotatable bonds is 7. The van der Waals surface area contributed by atoms with Crippen molar-refractivity contribution < 1.29 is 0 Å². The maximum absolute atomic E-state index is 3.57. The quantitative estimate of drug-likeness (QED) is 0.706. The monoisotopic (exact) mass is 231 g/mol. The fourth-order valence-corrected chi connectivity index (χ4v) is 2.95. The van der Waals surface area contributed by atoms with Gasteiger partial charge < -0.3 is 5.32 Å². The predicted molar refractivity (Wildman–Crippen MR) is 74.1 cm³/mol. The van der Waals surface area contributed by atoms with Crippen LogP contribution in [0.15, 0.2) is 30.3 Å². The molecule has 1 aliphatic rings. The van der Waals surface area contributed by atoms with Crippen LogP contribution in [0.4, 0.5) is 0 Å². The summed E-state index contributed by atoms with van der Waals surface area (Å²) in [7, 11) is 0. The highest BCUT2D eigenvalue weighted by Gasteiger charge is 2.51. The molecule has 2 rings (SSSR count). The summed E-state index contributed by atoms with van der Waals surface area (Å²) in [6.07, 6.45) is 5.24. The van der Waals surface area contributed by atoms with Crippen molar-refractivity contribution in [2.45, 2.75) is 39.5 Å². The molecule has 1 saturated carbocycles. The molecule has 0 radical (unpaired) electrons. The molecule has 1 nitrogen and oxygen atoms in total. The second-order valence-electron chi connectivity index (χ2n) is 5.48. The van der Waals surface area contributed by atoms with Crippen molar-refractivity contribution in [2.75, 3.05) is 13.1 Å². The lowest BCUT2D eigenvalue weighted by atomic mass is 9.91. The molecule has 0 heterocycles. The van der Waals surface area contributed by atoms with Gasteiger partial charge in [0.05, 0.1) is 0 Å². The summed E-state index contributed by atoms with van der Waals surface area (Å²) >= 11 is 0. The van der Waals surface area contributed by atoms with E-state index in [-0.39, 0.29) is 0 Å². The summed E-state index contributed by atoms with van der Waals surface area (Å²) in [5, 5.41) is 3.57. The van der Waals surface area contributed by atoms with Crippen LogP contribution in [-0.2, 0) is 6.42 Å². The Labute approximate surface area is 106 Å². The summed E-state index contributed by atoms with van der Waals surface area (Å²) < 4.78 is 0. The van der Waals surface area contributed by atoms with Gasteiger partial charge in [0, 0.05) is 0 Å². The van der Waals surface area contributed by atoms with Crippen molar-refractivity contribution in [1.82, 2.24) is 5.32 Å². The molecule has 1 aromatic rings. The van der Waals surface area contributed by atoms with E-state index >= 15 is 0 Å². The number of hydrogen-bond donors (Lipinski definition) is 1. The lowest BCUT2D eigenvalue weighted by molar-refractivity contribution is 0.421. The second-order valence-corrected chi connectivity index (χ2v) is 5.48. The zero-order valence-corrected chi connectivity index (χ0v) is 11.2. The van der Waals surface area contributed by atoms with E-state index in [0.29, 0.717) is 5.41 Å². The third-order valence-corrected chi connectivity index (χ3v) is 4.28. The Balaban J connectivity index is 1.86. The van der Waals surface area contributed by atoms with Crippen molar-refractivity contribution >= 4 is 0 Å². The highest BCUT2D eigenvalue weighted by Crippen LogP contribution is 2.56. The largest absolute Gasteiger partial charge is 0.316 e. The normalized spacial score (nSPS) is 27.1. The zero-order valence-electron chi connectivity index (χ0n) is 11.2. The molecule has 1 N–H and O–H groups in total. The predicted octanol–water partition coefficient (Wildman–Crippen LogP) is 3.65. The van der Waals surface area contributed by atoms with E-state index < -0.39 is 0 Å². The Bertz CT molecular complexity index is 333. The minimum absolute atomic E-state index is 0.599. The molecule has 1 aromatic carbocycles. The number of nitrogens with one attached hydrogen (secondary N) is 1. The molecule has 94 valence electrons. The summed E-state index contributed by atoms with van der Waals surface area (Å²) in [4.78, 5) is 0. The van der Waals surface area contributed by atoms with E-state index in [1.807, 2.05) is 0 Å². The average molecular weight is 231 g/mol. The fraction of sp³-hybridized carbons (Fsp3) is 0.625. The van der Waals surface area contributed by atoms with Crippen molar-refractivity contribution in [3.05, 3.63) is 35.9 Å². The molecule has 0 amide bonds. The van der Waals surface area contributed by atoms with Crippen LogP contribution in [0.2, 0.25) is 0 Å². The molecule has 1 aliphatic carbocycles. The van der Waals surface area contributed by atoms with E-state index in [2.05, 4.69) is 49.5 Å². The number of hydrogen-bond acceptors (Lipinski definition) is 1. The second kappa shape index (κ2) is 5.68. The summed E-state index contributed by atoms with van der Waals surface area (Å²) in [5.41, 5.74) is 2.11. The Morgan fingerprint density at radius 3 is 2.65 bits per heavy atom. The first-order valence-corrected chi connectivity index (χ1v) is 7.05. The van der Waals surface area contributed by atoms with Gasteiger partial charge in [0.25, 0.3) is 0 Å². The molecule has 0 bridgehead atoms. The lowest BCUT2D eigenvalue weighted by Gasteiger charge is -2.15. The molecule has 0 aliphatic heterocycles.